The van der Waals surface area contributed by atoms with Gasteiger partial charge in [0.2, 0.25) is 0 Å². The van der Waals surface area contributed by atoms with E-state index in [9.17, 15) is 4.79 Å². The van der Waals surface area contributed by atoms with Crippen molar-refractivity contribution in [1.82, 2.24) is 24.7 Å². The van der Waals surface area contributed by atoms with Crippen molar-refractivity contribution in [1.29, 1.82) is 0 Å². The standard InChI is InChI=1S/C8H6BrN5O2/c1-16-8(15)6-12-4-14(13-6)7-5(9)2-10-3-11-7/h2-4H,1H3. The van der Waals surface area contributed by atoms with Gasteiger partial charge in [-0.25, -0.2) is 24.4 Å². The summed E-state index contributed by atoms with van der Waals surface area (Å²) >= 11 is 3.27. The zero-order valence-corrected chi connectivity index (χ0v) is 9.75. The summed E-state index contributed by atoms with van der Waals surface area (Å²) < 4.78 is 6.50. The van der Waals surface area contributed by atoms with Crippen molar-refractivity contribution < 1.29 is 9.53 Å². The van der Waals surface area contributed by atoms with Gasteiger partial charge in [-0.3, -0.25) is 0 Å². The molecule has 2 rings (SSSR count). The Morgan fingerprint density at radius 1 is 1.50 bits per heavy atom. The summed E-state index contributed by atoms with van der Waals surface area (Å²) in [4.78, 5) is 22.8. The van der Waals surface area contributed by atoms with E-state index < -0.39 is 5.97 Å². The summed E-state index contributed by atoms with van der Waals surface area (Å²) in [5.41, 5.74) is 0. The molecule has 16 heavy (non-hydrogen) atoms. The van der Waals surface area contributed by atoms with Crippen LogP contribution in [0.15, 0.2) is 23.3 Å². The Hall–Kier alpha value is -1.83. The number of esters is 1. The maximum absolute atomic E-state index is 11.1. The fourth-order valence-corrected chi connectivity index (χ4v) is 1.43. The number of ether oxygens (including phenoxy) is 1. The van der Waals surface area contributed by atoms with E-state index in [-0.39, 0.29) is 5.82 Å². The highest BCUT2D eigenvalue weighted by molar-refractivity contribution is 9.10. The van der Waals surface area contributed by atoms with Crippen LogP contribution in [0, 0.1) is 0 Å². The molecule has 0 aromatic carbocycles. The topological polar surface area (TPSA) is 82.8 Å². The molecule has 0 spiro atoms. The van der Waals surface area contributed by atoms with Gasteiger partial charge in [-0.15, -0.1) is 5.10 Å². The molecule has 8 heteroatoms. The predicted octanol–water partition coefficient (Wildman–Crippen LogP) is 0.606. The third kappa shape index (κ3) is 1.91. The minimum atomic E-state index is -0.594. The van der Waals surface area contributed by atoms with E-state index in [1.54, 1.807) is 6.20 Å². The first-order valence-electron chi connectivity index (χ1n) is 4.18. The van der Waals surface area contributed by atoms with E-state index in [2.05, 4.69) is 40.7 Å². The van der Waals surface area contributed by atoms with E-state index in [1.165, 1.54) is 24.4 Å². The minimum absolute atomic E-state index is 0.0204. The first-order chi connectivity index (χ1) is 7.72. The van der Waals surface area contributed by atoms with Crippen molar-refractivity contribution in [3.05, 3.63) is 29.1 Å². The largest absolute Gasteiger partial charge is 0.463 e. The molecule has 0 bridgehead atoms. The monoisotopic (exact) mass is 283 g/mol. The zero-order valence-electron chi connectivity index (χ0n) is 8.16. The molecule has 0 atom stereocenters. The van der Waals surface area contributed by atoms with Crippen LogP contribution in [0.4, 0.5) is 0 Å². The lowest BCUT2D eigenvalue weighted by atomic mass is 10.6. The van der Waals surface area contributed by atoms with Gasteiger partial charge in [0.1, 0.15) is 12.7 Å². The maximum Gasteiger partial charge on any atom is 0.377 e. The number of carbonyl (C=O) groups is 1. The van der Waals surface area contributed by atoms with Crippen LogP contribution in [-0.2, 0) is 4.74 Å². The lowest BCUT2D eigenvalue weighted by Crippen LogP contribution is -2.06. The number of aromatic nitrogens is 5. The van der Waals surface area contributed by atoms with Crippen molar-refractivity contribution in [3.63, 3.8) is 0 Å². The van der Waals surface area contributed by atoms with Gasteiger partial charge in [0.15, 0.2) is 5.82 Å². The molecule has 0 radical (unpaired) electrons. The van der Waals surface area contributed by atoms with Gasteiger partial charge in [0.05, 0.1) is 11.6 Å². The van der Waals surface area contributed by atoms with Crippen LogP contribution in [0.25, 0.3) is 5.82 Å². The van der Waals surface area contributed by atoms with E-state index in [0.717, 1.165) is 0 Å². The van der Waals surface area contributed by atoms with Crippen LogP contribution in [0.1, 0.15) is 10.6 Å². The molecule has 2 aromatic heterocycles. The number of hydrogen-bond donors (Lipinski definition) is 0. The molecular weight excluding hydrogens is 278 g/mol. The fourth-order valence-electron chi connectivity index (χ4n) is 1.02. The quantitative estimate of drug-likeness (QED) is 0.751. The van der Waals surface area contributed by atoms with Crippen molar-refractivity contribution in [2.75, 3.05) is 7.11 Å². The first kappa shape index (κ1) is 10.7. The van der Waals surface area contributed by atoms with Gasteiger partial charge in [-0.05, 0) is 15.9 Å². The molecule has 0 N–H and O–H groups in total. The normalized spacial score (nSPS) is 10.1. The molecule has 0 fully saturated rings. The number of rotatable bonds is 2. The average Bonchev–Trinajstić information content (AvgIpc) is 2.78. The fraction of sp³-hybridized carbons (Fsp3) is 0.125. The highest BCUT2D eigenvalue weighted by Gasteiger charge is 2.13. The van der Waals surface area contributed by atoms with E-state index >= 15 is 0 Å². The Morgan fingerprint density at radius 3 is 3.00 bits per heavy atom. The molecule has 82 valence electrons. The number of hydrogen-bond acceptors (Lipinski definition) is 6. The average molecular weight is 284 g/mol. The lowest BCUT2D eigenvalue weighted by Gasteiger charge is -1.99. The molecule has 0 aliphatic heterocycles. The third-order valence-corrected chi connectivity index (χ3v) is 2.28. The molecule has 0 saturated heterocycles. The zero-order chi connectivity index (χ0) is 11.5. The van der Waals surface area contributed by atoms with Gasteiger partial charge in [-0.1, -0.05) is 0 Å². The Kier molecular flexibility index (Phi) is 2.91. The second-order valence-corrected chi connectivity index (χ2v) is 3.55. The molecule has 0 amide bonds. The van der Waals surface area contributed by atoms with E-state index in [0.29, 0.717) is 10.3 Å². The molecule has 0 saturated carbocycles. The molecular formula is C8H6BrN5O2. The van der Waals surface area contributed by atoms with E-state index in [1.807, 2.05) is 0 Å². The summed E-state index contributed by atoms with van der Waals surface area (Å²) in [6, 6.07) is 0. The summed E-state index contributed by atoms with van der Waals surface area (Å²) in [6.07, 6.45) is 4.32. The maximum atomic E-state index is 11.1. The lowest BCUT2D eigenvalue weighted by molar-refractivity contribution is 0.0587. The second kappa shape index (κ2) is 4.35. The van der Waals surface area contributed by atoms with Gasteiger partial charge in [0.25, 0.3) is 5.82 Å². The van der Waals surface area contributed by atoms with Crippen molar-refractivity contribution >= 4 is 21.9 Å². The van der Waals surface area contributed by atoms with Crippen LogP contribution < -0.4 is 0 Å². The van der Waals surface area contributed by atoms with Crippen LogP contribution in [0.3, 0.4) is 0 Å². The first-order valence-corrected chi connectivity index (χ1v) is 4.97. The van der Waals surface area contributed by atoms with Gasteiger partial charge in [0, 0.05) is 6.20 Å². The van der Waals surface area contributed by atoms with Crippen LogP contribution >= 0.6 is 15.9 Å². The van der Waals surface area contributed by atoms with Crippen LogP contribution in [0.5, 0.6) is 0 Å². The summed E-state index contributed by atoms with van der Waals surface area (Å²) in [5.74, 6) is -0.116. The Bertz CT molecular complexity index is 527. The molecule has 0 aliphatic carbocycles. The highest BCUT2D eigenvalue weighted by atomic mass is 79.9. The number of methoxy groups -OCH3 is 1. The Morgan fingerprint density at radius 2 is 2.31 bits per heavy atom. The molecule has 0 unspecified atom stereocenters. The number of carbonyl (C=O) groups excluding carboxylic acids is 1. The van der Waals surface area contributed by atoms with Crippen LogP contribution in [0.2, 0.25) is 0 Å². The summed E-state index contributed by atoms with van der Waals surface area (Å²) in [7, 11) is 1.27. The van der Waals surface area contributed by atoms with Gasteiger partial charge in [-0.2, -0.15) is 0 Å². The SMILES string of the molecule is COC(=O)c1ncn(-c2ncncc2Br)n1. The number of nitrogens with zero attached hydrogens (tertiary/aromatic N) is 5. The van der Waals surface area contributed by atoms with Crippen molar-refractivity contribution in [2.45, 2.75) is 0 Å². The summed E-state index contributed by atoms with van der Waals surface area (Å²) in [5, 5.41) is 3.92. The van der Waals surface area contributed by atoms with Crippen molar-refractivity contribution in [3.8, 4) is 5.82 Å². The Labute approximate surface area is 98.6 Å². The predicted molar refractivity (Wildman–Crippen MR) is 56.0 cm³/mol. The van der Waals surface area contributed by atoms with Gasteiger partial charge < -0.3 is 4.74 Å². The number of halogens is 1. The summed E-state index contributed by atoms with van der Waals surface area (Å²) in [6.45, 7) is 0. The van der Waals surface area contributed by atoms with E-state index in [4.69, 9.17) is 0 Å². The van der Waals surface area contributed by atoms with Crippen molar-refractivity contribution in [2.24, 2.45) is 0 Å². The second-order valence-electron chi connectivity index (χ2n) is 2.70. The smallest absolute Gasteiger partial charge is 0.377 e. The Balaban J connectivity index is 2.39. The molecule has 2 aromatic rings. The van der Waals surface area contributed by atoms with Gasteiger partial charge >= 0.3 is 5.97 Å². The molecule has 0 aliphatic rings. The molecule has 7 nitrogen and oxygen atoms in total. The highest BCUT2D eigenvalue weighted by Crippen LogP contribution is 2.15. The third-order valence-electron chi connectivity index (χ3n) is 1.73. The molecule has 2 heterocycles. The van der Waals surface area contributed by atoms with Crippen LogP contribution in [-0.4, -0.2) is 37.8 Å². The minimum Gasteiger partial charge on any atom is -0.463 e.